The smallest absolute Gasteiger partial charge is 0.417 e. The number of alkyl halides is 3. The van der Waals surface area contributed by atoms with Crippen molar-refractivity contribution in [3.63, 3.8) is 0 Å². The maximum Gasteiger partial charge on any atom is 0.417 e. The molecule has 0 unspecified atom stereocenters. The van der Waals surface area contributed by atoms with E-state index in [-0.39, 0.29) is 16.8 Å². The number of carboxylic acid groups (broad SMARTS) is 1. The summed E-state index contributed by atoms with van der Waals surface area (Å²) in [4.78, 5) is 23.2. The SMILES string of the molecule is O=C(O)c1ccccc1C(=O)Nc1ccc(Cl)c(C(F)(F)F)c1. The Kier molecular flexibility index (Phi) is 4.60. The van der Waals surface area contributed by atoms with E-state index in [1.165, 1.54) is 30.3 Å². The van der Waals surface area contributed by atoms with Gasteiger partial charge in [0.2, 0.25) is 0 Å². The van der Waals surface area contributed by atoms with Crippen molar-refractivity contribution in [1.29, 1.82) is 0 Å². The number of hydrogen-bond donors (Lipinski definition) is 2. The topological polar surface area (TPSA) is 66.4 Å². The minimum absolute atomic E-state index is 0.146. The Morgan fingerprint density at radius 2 is 1.65 bits per heavy atom. The third-order valence-electron chi connectivity index (χ3n) is 2.93. The van der Waals surface area contributed by atoms with Crippen LogP contribution in [0.25, 0.3) is 0 Å². The van der Waals surface area contributed by atoms with Gasteiger partial charge >= 0.3 is 12.1 Å². The second kappa shape index (κ2) is 6.29. The van der Waals surface area contributed by atoms with Gasteiger partial charge in [-0.25, -0.2) is 4.79 Å². The number of halogens is 4. The summed E-state index contributed by atoms with van der Waals surface area (Å²) >= 11 is 5.49. The number of rotatable bonds is 3. The molecular weight excluding hydrogens is 335 g/mol. The molecule has 0 saturated carbocycles. The molecule has 0 aliphatic heterocycles. The van der Waals surface area contributed by atoms with Crippen LogP contribution < -0.4 is 5.32 Å². The van der Waals surface area contributed by atoms with Crippen molar-refractivity contribution in [2.24, 2.45) is 0 Å². The van der Waals surface area contributed by atoms with E-state index in [0.29, 0.717) is 6.07 Å². The van der Waals surface area contributed by atoms with E-state index < -0.39 is 28.6 Å². The lowest BCUT2D eigenvalue weighted by Crippen LogP contribution is -2.17. The summed E-state index contributed by atoms with van der Waals surface area (Å²) in [7, 11) is 0. The average molecular weight is 344 g/mol. The number of hydrogen-bond acceptors (Lipinski definition) is 2. The Morgan fingerprint density at radius 3 is 2.22 bits per heavy atom. The Hall–Kier alpha value is -2.54. The van der Waals surface area contributed by atoms with Crippen molar-refractivity contribution in [2.45, 2.75) is 6.18 Å². The zero-order valence-corrected chi connectivity index (χ0v) is 12.1. The molecule has 2 rings (SSSR count). The number of carbonyl (C=O) groups is 2. The van der Waals surface area contributed by atoms with Crippen LogP contribution in [0.4, 0.5) is 18.9 Å². The van der Waals surface area contributed by atoms with Gasteiger partial charge in [-0.2, -0.15) is 13.2 Å². The zero-order valence-electron chi connectivity index (χ0n) is 11.3. The van der Waals surface area contributed by atoms with Crippen molar-refractivity contribution < 1.29 is 27.9 Å². The van der Waals surface area contributed by atoms with Gasteiger partial charge in [0, 0.05) is 5.69 Å². The van der Waals surface area contributed by atoms with Crippen LogP contribution in [-0.4, -0.2) is 17.0 Å². The largest absolute Gasteiger partial charge is 0.478 e. The first-order valence-corrected chi connectivity index (χ1v) is 6.58. The van der Waals surface area contributed by atoms with Gasteiger partial charge in [-0.1, -0.05) is 23.7 Å². The van der Waals surface area contributed by atoms with Gasteiger partial charge in [0.1, 0.15) is 0 Å². The van der Waals surface area contributed by atoms with E-state index in [9.17, 15) is 22.8 Å². The van der Waals surface area contributed by atoms with Crippen molar-refractivity contribution in [1.82, 2.24) is 0 Å². The van der Waals surface area contributed by atoms with Gasteiger partial charge in [0.15, 0.2) is 0 Å². The predicted molar refractivity (Wildman–Crippen MR) is 77.8 cm³/mol. The first-order valence-electron chi connectivity index (χ1n) is 6.20. The molecule has 0 bridgehead atoms. The van der Waals surface area contributed by atoms with Crippen molar-refractivity contribution >= 4 is 29.2 Å². The average Bonchev–Trinajstić information content (AvgIpc) is 2.48. The van der Waals surface area contributed by atoms with Gasteiger partial charge in [-0.3, -0.25) is 4.79 Å². The van der Waals surface area contributed by atoms with Gasteiger partial charge in [0.05, 0.1) is 21.7 Å². The highest BCUT2D eigenvalue weighted by Crippen LogP contribution is 2.36. The molecule has 0 spiro atoms. The Balaban J connectivity index is 2.34. The summed E-state index contributed by atoms with van der Waals surface area (Å²) in [6, 6.07) is 8.25. The molecule has 0 atom stereocenters. The standard InChI is InChI=1S/C15H9ClF3NO3/c16-12-6-5-8(7-11(12)15(17,18)19)20-13(21)9-3-1-2-4-10(9)14(22)23/h1-7H,(H,20,21)(H,22,23). The van der Waals surface area contributed by atoms with E-state index in [0.717, 1.165) is 6.07 Å². The lowest BCUT2D eigenvalue weighted by molar-refractivity contribution is -0.137. The van der Waals surface area contributed by atoms with E-state index in [4.69, 9.17) is 16.7 Å². The number of nitrogens with one attached hydrogen (secondary N) is 1. The molecule has 0 fully saturated rings. The van der Waals surface area contributed by atoms with Crippen molar-refractivity contribution in [3.05, 3.63) is 64.2 Å². The van der Waals surface area contributed by atoms with E-state index in [1.807, 2.05) is 0 Å². The second-order valence-corrected chi connectivity index (χ2v) is 4.90. The lowest BCUT2D eigenvalue weighted by Gasteiger charge is -2.12. The third-order valence-corrected chi connectivity index (χ3v) is 3.26. The predicted octanol–water partition coefficient (Wildman–Crippen LogP) is 4.31. The maximum absolute atomic E-state index is 12.8. The molecule has 0 aliphatic rings. The molecule has 0 radical (unpaired) electrons. The van der Waals surface area contributed by atoms with Gasteiger partial charge < -0.3 is 10.4 Å². The molecule has 2 aromatic rings. The molecular formula is C15H9ClF3NO3. The fraction of sp³-hybridized carbons (Fsp3) is 0.0667. The van der Waals surface area contributed by atoms with Crippen molar-refractivity contribution in [3.8, 4) is 0 Å². The number of carbonyl (C=O) groups excluding carboxylic acids is 1. The van der Waals surface area contributed by atoms with Crippen LogP contribution >= 0.6 is 11.6 Å². The van der Waals surface area contributed by atoms with Crippen LogP contribution in [0.1, 0.15) is 26.3 Å². The minimum atomic E-state index is -4.67. The Labute approximate surface area is 133 Å². The molecule has 0 saturated heterocycles. The quantitative estimate of drug-likeness (QED) is 0.872. The lowest BCUT2D eigenvalue weighted by atomic mass is 10.1. The molecule has 2 N–H and O–H groups in total. The highest BCUT2D eigenvalue weighted by molar-refractivity contribution is 6.31. The number of aromatic carboxylic acids is 1. The first kappa shape index (κ1) is 16.8. The monoisotopic (exact) mass is 343 g/mol. The van der Waals surface area contributed by atoms with Crippen LogP contribution in [0.5, 0.6) is 0 Å². The molecule has 2 aromatic carbocycles. The maximum atomic E-state index is 12.8. The first-order chi connectivity index (χ1) is 10.7. The highest BCUT2D eigenvalue weighted by Gasteiger charge is 2.33. The summed E-state index contributed by atoms with van der Waals surface area (Å²) in [6.07, 6.45) is -4.67. The van der Waals surface area contributed by atoms with E-state index in [1.54, 1.807) is 0 Å². The fourth-order valence-corrected chi connectivity index (χ4v) is 2.11. The van der Waals surface area contributed by atoms with Crippen LogP contribution in [0.3, 0.4) is 0 Å². The molecule has 4 nitrogen and oxygen atoms in total. The summed E-state index contributed by atoms with van der Waals surface area (Å²) in [5.74, 6) is -2.15. The van der Waals surface area contributed by atoms with Crippen LogP contribution in [-0.2, 0) is 6.18 Å². The number of anilines is 1. The highest BCUT2D eigenvalue weighted by atomic mass is 35.5. The summed E-state index contributed by atoms with van der Waals surface area (Å²) in [5.41, 5.74) is -1.66. The van der Waals surface area contributed by atoms with E-state index in [2.05, 4.69) is 5.32 Å². The second-order valence-electron chi connectivity index (χ2n) is 4.50. The fourth-order valence-electron chi connectivity index (χ4n) is 1.89. The molecule has 0 aliphatic carbocycles. The Bertz CT molecular complexity index is 775. The normalized spacial score (nSPS) is 11.1. The number of benzene rings is 2. The van der Waals surface area contributed by atoms with E-state index >= 15 is 0 Å². The molecule has 23 heavy (non-hydrogen) atoms. The summed E-state index contributed by atoms with van der Waals surface area (Å²) < 4.78 is 38.4. The van der Waals surface area contributed by atoms with Crippen LogP contribution in [0, 0.1) is 0 Å². The van der Waals surface area contributed by atoms with Crippen LogP contribution in [0.15, 0.2) is 42.5 Å². The summed E-state index contributed by atoms with van der Waals surface area (Å²) in [5, 5.41) is 10.8. The molecule has 0 aromatic heterocycles. The van der Waals surface area contributed by atoms with Crippen molar-refractivity contribution in [2.75, 3.05) is 5.32 Å². The summed E-state index contributed by atoms with van der Waals surface area (Å²) in [6.45, 7) is 0. The third kappa shape index (κ3) is 3.81. The van der Waals surface area contributed by atoms with Gasteiger partial charge in [-0.15, -0.1) is 0 Å². The molecule has 1 amide bonds. The Morgan fingerprint density at radius 1 is 1.04 bits per heavy atom. The molecule has 120 valence electrons. The molecule has 8 heteroatoms. The van der Waals surface area contributed by atoms with Gasteiger partial charge in [-0.05, 0) is 30.3 Å². The van der Waals surface area contributed by atoms with Crippen LogP contribution in [0.2, 0.25) is 5.02 Å². The van der Waals surface area contributed by atoms with Gasteiger partial charge in [0.25, 0.3) is 5.91 Å². The zero-order chi connectivity index (χ0) is 17.2. The molecule has 0 heterocycles. The minimum Gasteiger partial charge on any atom is -0.478 e. The number of carboxylic acids is 1. The number of amides is 1.